The Kier molecular flexibility index (Phi) is 5.24. The van der Waals surface area contributed by atoms with Crippen LogP contribution in [0.25, 0.3) is 10.2 Å². The van der Waals surface area contributed by atoms with E-state index in [0.29, 0.717) is 15.8 Å². The minimum atomic E-state index is -0.765. The van der Waals surface area contributed by atoms with Gasteiger partial charge in [0.25, 0.3) is 11.5 Å². The molecule has 0 fully saturated rings. The first-order valence-electron chi connectivity index (χ1n) is 7.64. The van der Waals surface area contributed by atoms with Crippen LogP contribution in [0.1, 0.15) is 15.2 Å². The van der Waals surface area contributed by atoms with Crippen molar-refractivity contribution in [3.8, 4) is 0 Å². The lowest BCUT2D eigenvalue weighted by Gasteiger charge is -2.07. The van der Waals surface area contributed by atoms with Crippen LogP contribution in [0.2, 0.25) is 5.02 Å². The highest BCUT2D eigenvalue weighted by molar-refractivity contribution is 7.20. The molecule has 0 aliphatic rings. The number of aryl methyl sites for hydroxylation is 2. The zero-order chi connectivity index (χ0) is 19.7. The number of nitrogens with one attached hydrogen (secondary N) is 1. The van der Waals surface area contributed by atoms with E-state index >= 15 is 0 Å². The van der Waals surface area contributed by atoms with Crippen molar-refractivity contribution in [1.29, 1.82) is 0 Å². The molecule has 3 aromatic rings. The fourth-order valence-corrected chi connectivity index (χ4v) is 3.58. The van der Waals surface area contributed by atoms with Gasteiger partial charge in [0, 0.05) is 12.1 Å². The molecule has 0 bridgehead atoms. The Morgan fingerprint density at radius 3 is 2.89 bits per heavy atom. The molecule has 140 valence electrons. The van der Waals surface area contributed by atoms with E-state index in [4.69, 9.17) is 16.3 Å². The molecule has 1 amide bonds. The molecule has 0 unspecified atom stereocenters. The van der Waals surface area contributed by atoms with Gasteiger partial charge in [-0.2, -0.15) is 0 Å². The molecule has 2 heterocycles. The highest BCUT2D eigenvalue weighted by atomic mass is 35.5. The fraction of sp³-hybridized carbons (Fsp3) is 0.176. The highest BCUT2D eigenvalue weighted by Crippen LogP contribution is 2.27. The lowest BCUT2D eigenvalue weighted by Crippen LogP contribution is -2.21. The summed E-state index contributed by atoms with van der Waals surface area (Å²) in [6.07, 6.45) is 1.36. The second-order valence-electron chi connectivity index (χ2n) is 5.65. The Balaban J connectivity index is 1.73. The van der Waals surface area contributed by atoms with Gasteiger partial charge in [-0.05, 0) is 30.7 Å². The zero-order valence-corrected chi connectivity index (χ0v) is 15.8. The molecule has 1 aromatic carbocycles. The monoisotopic (exact) mass is 409 g/mol. The summed E-state index contributed by atoms with van der Waals surface area (Å²) in [7, 11) is 1.56. The van der Waals surface area contributed by atoms with Gasteiger partial charge in [-0.1, -0.05) is 11.6 Å². The van der Waals surface area contributed by atoms with Crippen LogP contribution in [-0.2, 0) is 16.6 Å². The summed E-state index contributed by atoms with van der Waals surface area (Å²) in [5.41, 5.74) is 0.0475. The first-order chi connectivity index (χ1) is 12.8. The van der Waals surface area contributed by atoms with Gasteiger partial charge in [0.2, 0.25) is 0 Å². The van der Waals surface area contributed by atoms with E-state index in [9.17, 15) is 18.8 Å². The van der Waals surface area contributed by atoms with Crippen molar-refractivity contribution in [2.75, 3.05) is 11.9 Å². The number of rotatable bonds is 4. The third-order valence-corrected chi connectivity index (χ3v) is 5.15. The molecule has 27 heavy (non-hydrogen) atoms. The molecule has 0 saturated carbocycles. The number of ether oxygens (including phenoxy) is 1. The Labute approximate surface area is 161 Å². The van der Waals surface area contributed by atoms with Gasteiger partial charge in [-0.25, -0.2) is 14.2 Å². The number of fused-ring (bicyclic) bond motifs is 1. The number of hydrogen-bond donors (Lipinski definition) is 1. The van der Waals surface area contributed by atoms with Crippen molar-refractivity contribution in [2.24, 2.45) is 7.05 Å². The predicted molar refractivity (Wildman–Crippen MR) is 99.9 cm³/mol. The number of nitrogens with zero attached hydrogens (tertiary/aromatic N) is 2. The van der Waals surface area contributed by atoms with Gasteiger partial charge >= 0.3 is 5.97 Å². The van der Waals surface area contributed by atoms with E-state index < -0.39 is 24.3 Å². The zero-order valence-electron chi connectivity index (χ0n) is 14.2. The van der Waals surface area contributed by atoms with Crippen molar-refractivity contribution < 1.29 is 18.7 Å². The molecular formula is C17H13ClFN3O4S. The van der Waals surface area contributed by atoms with Gasteiger partial charge < -0.3 is 14.6 Å². The summed E-state index contributed by atoms with van der Waals surface area (Å²) in [6.45, 7) is 0.990. The third kappa shape index (κ3) is 3.83. The van der Waals surface area contributed by atoms with Crippen molar-refractivity contribution in [3.05, 3.63) is 56.2 Å². The summed E-state index contributed by atoms with van der Waals surface area (Å²) in [4.78, 5) is 41.1. The van der Waals surface area contributed by atoms with Gasteiger partial charge in [0.15, 0.2) is 6.61 Å². The molecule has 7 nitrogen and oxygen atoms in total. The Morgan fingerprint density at radius 1 is 1.41 bits per heavy atom. The molecule has 0 spiro atoms. The number of carbonyl (C=O) groups is 2. The smallest absolute Gasteiger partial charge is 0.349 e. The van der Waals surface area contributed by atoms with Crippen molar-refractivity contribution in [3.63, 3.8) is 0 Å². The number of esters is 1. The number of thiophene rings is 1. The van der Waals surface area contributed by atoms with Gasteiger partial charge in [-0.15, -0.1) is 11.3 Å². The summed E-state index contributed by atoms with van der Waals surface area (Å²) in [5, 5.41) is 2.86. The first kappa shape index (κ1) is 19.0. The third-order valence-electron chi connectivity index (χ3n) is 3.73. The number of aromatic nitrogens is 2. The minimum Gasteiger partial charge on any atom is -0.451 e. The van der Waals surface area contributed by atoms with Crippen LogP contribution in [0, 0.1) is 12.7 Å². The topological polar surface area (TPSA) is 90.3 Å². The Morgan fingerprint density at radius 2 is 2.15 bits per heavy atom. The molecule has 10 heteroatoms. The average Bonchev–Trinajstić information content (AvgIpc) is 2.96. The van der Waals surface area contributed by atoms with E-state index in [1.165, 1.54) is 23.0 Å². The maximum absolute atomic E-state index is 13.6. The van der Waals surface area contributed by atoms with Gasteiger partial charge in [0.05, 0.1) is 17.4 Å². The van der Waals surface area contributed by atoms with Crippen LogP contribution in [0.3, 0.4) is 0 Å². The number of anilines is 1. The van der Waals surface area contributed by atoms with Crippen LogP contribution in [-0.4, -0.2) is 28.0 Å². The second-order valence-corrected chi connectivity index (χ2v) is 7.08. The summed E-state index contributed by atoms with van der Waals surface area (Å²) in [6, 6.07) is 3.70. The van der Waals surface area contributed by atoms with E-state index in [2.05, 4.69) is 10.3 Å². The maximum Gasteiger partial charge on any atom is 0.349 e. The molecular weight excluding hydrogens is 397 g/mol. The molecule has 0 atom stereocenters. The standard InChI is InChI=1S/C17H13ClFN3O4S/c1-8-13-15(20-7-22(2)16(13)24)27-14(8)17(25)26-6-12(23)21-11-5-9(18)3-4-10(11)19/h3-5,7H,6H2,1-2H3,(H,21,23). The quantitative estimate of drug-likeness (QED) is 0.669. The van der Waals surface area contributed by atoms with Crippen molar-refractivity contribution >= 4 is 50.7 Å². The average molecular weight is 410 g/mol. The molecule has 0 saturated heterocycles. The van der Waals surface area contributed by atoms with Crippen LogP contribution >= 0.6 is 22.9 Å². The van der Waals surface area contributed by atoms with Crippen LogP contribution in [0.4, 0.5) is 10.1 Å². The van der Waals surface area contributed by atoms with E-state index in [-0.39, 0.29) is 21.1 Å². The Hall–Kier alpha value is -2.78. The molecule has 0 aliphatic carbocycles. The van der Waals surface area contributed by atoms with Crippen LogP contribution in [0.15, 0.2) is 29.3 Å². The van der Waals surface area contributed by atoms with Gasteiger partial charge in [-0.3, -0.25) is 9.59 Å². The van der Waals surface area contributed by atoms with Crippen molar-refractivity contribution in [1.82, 2.24) is 9.55 Å². The van der Waals surface area contributed by atoms with E-state index in [1.54, 1.807) is 14.0 Å². The van der Waals surface area contributed by atoms with E-state index in [0.717, 1.165) is 17.4 Å². The second kappa shape index (κ2) is 7.45. The fourth-order valence-electron chi connectivity index (χ4n) is 2.38. The molecule has 3 rings (SSSR count). The maximum atomic E-state index is 13.6. The number of hydrogen-bond acceptors (Lipinski definition) is 6. The number of halogens is 2. The Bertz CT molecular complexity index is 1130. The van der Waals surface area contributed by atoms with Crippen LogP contribution in [0.5, 0.6) is 0 Å². The van der Waals surface area contributed by atoms with Gasteiger partial charge in [0.1, 0.15) is 15.5 Å². The van der Waals surface area contributed by atoms with Crippen molar-refractivity contribution in [2.45, 2.75) is 6.92 Å². The predicted octanol–water partition coefficient (Wildman–Crippen LogP) is 2.89. The number of amides is 1. The lowest BCUT2D eigenvalue weighted by atomic mass is 10.2. The van der Waals surface area contributed by atoms with Crippen LogP contribution < -0.4 is 10.9 Å². The van der Waals surface area contributed by atoms with E-state index in [1.807, 2.05) is 0 Å². The number of benzene rings is 1. The summed E-state index contributed by atoms with van der Waals surface area (Å²) >= 11 is 6.76. The largest absolute Gasteiger partial charge is 0.451 e. The molecule has 0 aliphatic heterocycles. The SMILES string of the molecule is Cc1c(C(=O)OCC(=O)Nc2cc(Cl)ccc2F)sc2ncn(C)c(=O)c12. The molecule has 1 N–H and O–H groups in total. The highest BCUT2D eigenvalue weighted by Gasteiger charge is 2.21. The molecule has 2 aromatic heterocycles. The lowest BCUT2D eigenvalue weighted by molar-refractivity contribution is -0.119. The molecule has 0 radical (unpaired) electrons. The summed E-state index contributed by atoms with van der Waals surface area (Å²) in [5.74, 6) is -2.15. The summed E-state index contributed by atoms with van der Waals surface area (Å²) < 4.78 is 19.9. The number of carbonyl (C=O) groups excluding carboxylic acids is 2. The minimum absolute atomic E-state index is 0.116. The first-order valence-corrected chi connectivity index (χ1v) is 8.84. The normalized spacial score (nSPS) is 10.8.